The van der Waals surface area contributed by atoms with E-state index in [0.717, 1.165) is 20.9 Å². The zero-order valence-corrected chi connectivity index (χ0v) is 14.2. The predicted octanol–water partition coefficient (Wildman–Crippen LogP) is 4.84. The van der Waals surface area contributed by atoms with Crippen molar-refractivity contribution in [3.8, 4) is 0 Å². The first kappa shape index (κ1) is 15.3. The molecule has 0 radical (unpaired) electrons. The first-order valence-electron chi connectivity index (χ1n) is 6.31. The third kappa shape index (κ3) is 3.93. The van der Waals surface area contributed by atoms with Crippen LogP contribution < -0.4 is 5.32 Å². The van der Waals surface area contributed by atoms with Crippen LogP contribution in [-0.2, 0) is 5.33 Å². The molecule has 1 N–H and O–H groups in total. The van der Waals surface area contributed by atoms with E-state index in [2.05, 4.69) is 37.2 Å². The molecule has 0 spiro atoms. The van der Waals surface area contributed by atoms with Gasteiger partial charge < -0.3 is 5.32 Å². The monoisotopic (exact) mass is 395 g/mol. The molecule has 20 heavy (non-hydrogen) atoms. The average Bonchev–Trinajstić information content (AvgIpc) is 2.47. The number of halogens is 2. The van der Waals surface area contributed by atoms with Crippen molar-refractivity contribution in [3.63, 3.8) is 0 Å². The van der Waals surface area contributed by atoms with Crippen LogP contribution in [0.5, 0.6) is 0 Å². The number of hydrogen-bond donors (Lipinski definition) is 1. The van der Waals surface area contributed by atoms with Gasteiger partial charge >= 0.3 is 0 Å². The third-order valence-electron chi connectivity index (χ3n) is 3.07. The lowest BCUT2D eigenvalue weighted by Crippen LogP contribution is -2.26. The summed E-state index contributed by atoms with van der Waals surface area (Å²) in [6.07, 6.45) is 0. The highest BCUT2D eigenvalue weighted by Gasteiger charge is 2.11. The summed E-state index contributed by atoms with van der Waals surface area (Å²) in [7, 11) is 0. The molecule has 2 rings (SSSR count). The number of amides is 1. The Hall–Kier alpha value is -1.13. The van der Waals surface area contributed by atoms with Gasteiger partial charge in [0.25, 0.3) is 5.91 Å². The molecule has 2 nitrogen and oxygen atoms in total. The molecule has 0 aliphatic heterocycles. The van der Waals surface area contributed by atoms with Crippen LogP contribution in [0.25, 0.3) is 0 Å². The number of carbonyl (C=O) groups is 1. The van der Waals surface area contributed by atoms with Crippen LogP contribution in [0.3, 0.4) is 0 Å². The van der Waals surface area contributed by atoms with Crippen molar-refractivity contribution >= 4 is 37.8 Å². The largest absolute Gasteiger partial charge is 0.346 e. The van der Waals surface area contributed by atoms with Crippen molar-refractivity contribution in [3.05, 3.63) is 69.7 Å². The first-order valence-corrected chi connectivity index (χ1v) is 8.23. The molecule has 0 bridgehead atoms. The molecule has 0 saturated carbocycles. The minimum absolute atomic E-state index is 0.0316. The Bertz CT molecular complexity index is 596. The van der Waals surface area contributed by atoms with Crippen molar-refractivity contribution in [2.75, 3.05) is 0 Å². The molecule has 2 aromatic rings. The Morgan fingerprint density at radius 2 is 1.90 bits per heavy atom. The maximum Gasteiger partial charge on any atom is 0.251 e. The molecule has 0 saturated heterocycles. The summed E-state index contributed by atoms with van der Waals surface area (Å²) in [5.74, 6) is -0.0569. The highest BCUT2D eigenvalue weighted by Crippen LogP contribution is 2.18. The van der Waals surface area contributed by atoms with Gasteiger partial charge in [0.05, 0.1) is 6.04 Å². The summed E-state index contributed by atoms with van der Waals surface area (Å²) < 4.78 is 1.01. The molecular formula is C16H15Br2NO. The van der Waals surface area contributed by atoms with Crippen LogP contribution in [-0.4, -0.2) is 5.91 Å². The zero-order chi connectivity index (χ0) is 14.5. The van der Waals surface area contributed by atoms with E-state index in [9.17, 15) is 4.79 Å². The van der Waals surface area contributed by atoms with Crippen molar-refractivity contribution < 1.29 is 4.79 Å². The summed E-state index contributed by atoms with van der Waals surface area (Å²) in [5, 5.41) is 3.80. The molecule has 1 atom stereocenters. The van der Waals surface area contributed by atoms with Gasteiger partial charge in [0.15, 0.2) is 0 Å². The topological polar surface area (TPSA) is 29.1 Å². The zero-order valence-electron chi connectivity index (χ0n) is 11.1. The van der Waals surface area contributed by atoms with E-state index in [1.165, 1.54) is 0 Å². The lowest BCUT2D eigenvalue weighted by atomic mass is 10.1. The predicted molar refractivity (Wildman–Crippen MR) is 89.1 cm³/mol. The molecule has 4 heteroatoms. The average molecular weight is 397 g/mol. The second-order valence-corrected chi connectivity index (χ2v) is 6.06. The van der Waals surface area contributed by atoms with E-state index in [0.29, 0.717) is 5.56 Å². The smallest absolute Gasteiger partial charge is 0.251 e. The SMILES string of the molecule is CC(NC(=O)c1ccc(CBr)cc1)c1cccc(Br)c1. The van der Waals surface area contributed by atoms with Crippen LogP contribution in [0, 0.1) is 0 Å². The van der Waals surface area contributed by atoms with Gasteiger partial charge in [-0.25, -0.2) is 0 Å². The summed E-state index contributed by atoms with van der Waals surface area (Å²) in [6.45, 7) is 1.98. The molecular weight excluding hydrogens is 382 g/mol. The molecule has 0 aliphatic rings. The van der Waals surface area contributed by atoms with Gasteiger partial charge in [0, 0.05) is 15.4 Å². The van der Waals surface area contributed by atoms with E-state index >= 15 is 0 Å². The van der Waals surface area contributed by atoms with Gasteiger partial charge in [-0.1, -0.05) is 56.1 Å². The lowest BCUT2D eigenvalue weighted by Gasteiger charge is -2.15. The second-order valence-electron chi connectivity index (χ2n) is 4.58. The maximum absolute atomic E-state index is 12.2. The van der Waals surface area contributed by atoms with Crippen LogP contribution >= 0.6 is 31.9 Å². The fourth-order valence-corrected chi connectivity index (χ4v) is 2.68. The van der Waals surface area contributed by atoms with E-state index in [4.69, 9.17) is 0 Å². The Morgan fingerprint density at radius 3 is 2.50 bits per heavy atom. The number of carbonyl (C=O) groups excluding carboxylic acids is 1. The van der Waals surface area contributed by atoms with E-state index in [-0.39, 0.29) is 11.9 Å². The number of hydrogen-bond acceptors (Lipinski definition) is 1. The highest BCUT2D eigenvalue weighted by molar-refractivity contribution is 9.10. The third-order valence-corrected chi connectivity index (χ3v) is 4.21. The number of alkyl halides is 1. The van der Waals surface area contributed by atoms with Gasteiger partial charge in [0.1, 0.15) is 0 Å². The number of benzene rings is 2. The van der Waals surface area contributed by atoms with Gasteiger partial charge in [-0.05, 0) is 42.3 Å². The van der Waals surface area contributed by atoms with Crippen molar-refractivity contribution in [2.45, 2.75) is 18.3 Å². The van der Waals surface area contributed by atoms with E-state index < -0.39 is 0 Å². The fourth-order valence-electron chi connectivity index (χ4n) is 1.88. The number of rotatable bonds is 4. The summed E-state index contributed by atoms with van der Waals surface area (Å²) in [4.78, 5) is 12.2. The number of nitrogens with one attached hydrogen (secondary N) is 1. The minimum atomic E-state index is -0.0569. The minimum Gasteiger partial charge on any atom is -0.346 e. The molecule has 0 fully saturated rings. The molecule has 1 amide bonds. The lowest BCUT2D eigenvalue weighted by molar-refractivity contribution is 0.0940. The first-order chi connectivity index (χ1) is 9.60. The van der Waals surface area contributed by atoms with Crippen LogP contribution in [0.4, 0.5) is 0 Å². The molecule has 0 heterocycles. The van der Waals surface area contributed by atoms with Gasteiger partial charge in [-0.2, -0.15) is 0 Å². The second kappa shape index (κ2) is 7.04. The van der Waals surface area contributed by atoms with E-state index in [1.807, 2.05) is 55.5 Å². The quantitative estimate of drug-likeness (QED) is 0.736. The van der Waals surface area contributed by atoms with Gasteiger partial charge in [0.2, 0.25) is 0 Å². The van der Waals surface area contributed by atoms with Crippen molar-refractivity contribution in [1.82, 2.24) is 5.32 Å². The Morgan fingerprint density at radius 1 is 1.20 bits per heavy atom. The molecule has 2 aromatic carbocycles. The normalized spacial score (nSPS) is 11.9. The molecule has 0 aromatic heterocycles. The molecule has 104 valence electrons. The van der Waals surface area contributed by atoms with Crippen molar-refractivity contribution in [2.24, 2.45) is 0 Å². The van der Waals surface area contributed by atoms with Gasteiger partial charge in [-0.15, -0.1) is 0 Å². The van der Waals surface area contributed by atoms with Gasteiger partial charge in [-0.3, -0.25) is 4.79 Å². The summed E-state index contributed by atoms with van der Waals surface area (Å²) in [6, 6.07) is 15.5. The summed E-state index contributed by atoms with van der Waals surface area (Å²) in [5.41, 5.74) is 2.91. The van der Waals surface area contributed by atoms with Crippen LogP contribution in [0.15, 0.2) is 53.0 Å². The Balaban J connectivity index is 2.06. The van der Waals surface area contributed by atoms with Crippen LogP contribution in [0.2, 0.25) is 0 Å². The van der Waals surface area contributed by atoms with E-state index in [1.54, 1.807) is 0 Å². The Kier molecular flexibility index (Phi) is 5.38. The maximum atomic E-state index is 12.2. The van der Waals surface area contributed by atoms with Crippen molar-refractivity contribution in [1.29, 1.82) is 0 Å². The Labute approximate surface area is 135 Å². The molecule has 1 unspecified atom stereocenters. The standard InChI is InChI=1S/C16H15Br2NO/c1-11(14-3-2-4-15(18)9-14)19-16(20)13-7-5-12(10-17)6-8-13/h2-9,11H,10H2,1H3,(H,19,20). The summed E-state index contributed by atoms with van der Waals surface area (Å²) >= 11 is 6.83. The highest BCUT2D eigenvalue weighted by atomic mass is 79.9. The van der Waals surface area contributed by atoms with Crippen LogP contribution in [0.1, 0.15) is 34.5 Å². The molecule has 0 aliphatic carbocycles. The fraction of sp³-hybridized carbons (Fsp3) is 0.188.